The summed E-state index contributed by atoms with van der Waals surface area (Å²) in [6.07, 6.45) is 2.22. The first-order valence-electron chi connectivity index (χ1n) is 18.2. The first-order chi connectivity index (χ1) is 25.2. The number of carbonyl (C=O) groups excluding carboxylic acids is 2. The SMILES string of the molecule is C[C@H]1CCCCO[C@H](CN(C)Cc2ccc3c(c2)OCO3)[C@@H](C)CN([C@@H](C)CO)C(=O)c2cc(NC(=O)Nc3cccc4ccccc34)ccc2O1. The fourth-order valence-corrected chi connectivity index (χ4v) is 6.80. The lowest BCUT2D eigenvalue weighted by atomic mass is 10.0. The number of fused-ring (bicyclic) bond motifs is 3. The third-order valence-electron chi connectivity index (χ3n) is 9.73. The van der Waals surface area contributed by atoms with Gasteiger partial charge in [0.2, 0.25) is 6.79 Å². The number of hydrogen-bond acceptors (Lipinski definition) is 8. The van der Waals surface area contributed by atoms with Crippen LogP contribution in [0, 0.1) is 5.92 Å². The van der Waals surface area contributed by atoms with Gasteiger partial charge >= 0.3 is 6.03 Å². The molecule has 4 atom stereocenters. The molecule has 11 heteroatoms. The van der Waals surface area contributed by atoms with Gasteiger partial charge in [0, 0.05) is 43.2 Å². The maximum atomic E-state index is 14.5. The van der Waals surface area contributed by atoms with Crippen LogP contribution in [0.3, 0.4) is 0 Å². The molecule has 0 saturated carbocycles. The Morgan fingerprint density at radius 3 is 2.60 bits per heavy atom. The second-order valence-electron chi connectivity index (χ2n) is 14.0. The summed E-state index contributed by atoms with van der Waals surface area (Å²) in [7, 11) is 2.06. The molecule has 11 nitrogen and oxygen atoms in total. The predicted molar refractivity (Wildman–Crippen MR) is 202 cm³/mol. The molecule has 6 rings (SSSR count). The van der Waals surface area contributed by atoms with Gasteiger partial charge in [-0.25, -0.2) is 4.79 Å². The van der Waals surface area contributed by atoms with E-state index in [4.69, 9.17) is 18.9 Å². The number of nitrogens with one attached hydrogen (secondary N) is 2. The summed E-state index contributed by atoms with van der Waals surface area (Å²) in [5, 5.41) is 18.1. The van der Waals surface area contributed by atoms with Crippen molar-refractivity contribution in [1.29, 1.82) is 0 Å². The van der Waals surface area contributed by atoms with Crippen LogP contribution in [0.15, 0.2) is 78.9 Å². The number of benzene rings is 4. The molecule has 3 N–H and O–H groups in total. The molecule has 2 heterocycles. The van der Waals surface area contributed by atoms with Gasteiger partial charge in [-0.05, 0) is 87.5 Å². The van der Waals surface area contributed by atoms with Gasteiger partial charge in [0.05, 0.1) is 36.1 Å². The van der Waals surface area contributed by atoms with Gasteiger partial charge in [0.25, 0.3) is 5.91 Å². The van der Waals surface area contributed by atoms with E-state index in [9.17, 15) is 14.7 Å². The van der Waals surface area contributed by atoms with Gasteiger partial charge in [-0.2, -0.15) is 0 Å². The quantitative estimate of drug-likeness (QED) is 0.177. The highest BCUT2D eigenvalue weighted by atomic mass is 16.7. The van der Waals surface area contributed by atoms with Crippen LogP contribution in [0.1, 0.15) is 56.0 Å². The maximum absolute atomic E-state index is 14.5. The van der Waals surface area contributed by atoms with Crippen molar-refractivity contribution in [2.24, 2.45) is 5.92 Å². The lowest BCUT2D eigenvalue weighted by molar-refractivity contribution is -0.0177. The Morgan fingerprint density at radius 2 is 1.75 bits per heavy atom. The number of nitrogens with zero attached hydrogens (tertiary/aromatic N) is 2. The molecule has 0 aromatic heterocycles. The molecular formula is C41H50N4O7. The molecule has 4 aromatic carbocycles. The average Bonchev–Trinajstić information content (AvgIpc) is 3.61. The number of urea groups is 1. The summed E-state index contributed by atoms with van der Waals surface area (Å²) in [6.45, 7) is 8.19. The van der Waals surface area contributed by atoms with E-state index in [1.54, 1.807) is 23.1 Å². The lowest BCUT2D eigenvalue weighted by Crippen LogP contribution is -2.47. The van der Waals surface area contributed by atoms with E-state index in [2.05, 4.69) is 29.5 Å². The molecule has 0 aliphatic carbocycles. The Bertz CT molecular complexity index is 1850. The van der Waals surface area contributed by atoms with E-state index >= 15 is 0 Å². The molecule has 0 radical (unpaired) electrons. The minimum atomic E-state index is -0.480. The van der Waals surface area contributed by atoms with Crippen LogP contribution in [0.4, 0.5) is 16.2 Å². The zero-order valence-corrected chi connectivity index (χ0v) is 30.5. The predicted octanol–water partition coefficient (Wildman–Crippen LogP) is 7.14. The Balaban J connectivity index is 1.22. The minimum absolute atomic E-state index is 0.0730. The zero-order chi connectivity index (χ0) is 36.6. The third-order valence-corrected chi connectivity index (χ3v) is 9.73. The maximum Gasteiger partial charge on any atom is 0.323 e. The highest BCUT2D eigenvalue weighted by molar-refractivity contribution is 6.07. The summed E-state index contributed by atoms with van der Waals surface area (Å²) in [4.78, 5) is 31.7. The molecule has 4 aromatic rings. The lowest BCUT2D eigenvalue weighted by Gasteiger charge is -2.36. The van der Waals surface area contributed by atoms with Crippen LogP contribution in [0.2, 0.25) is 0 Å². The molecule has 0 spiro atoms. The molecule has 276 valence electrons. The van der Waals surface area contributed by atoms with Crippen molar-refractivity contribution < 1.29 is 33.6 Å². The molecule has 2 aliphatic rings. The largest absolute Gasteiger partial charge is 0.490 e. The number of likely N-dealkylation sites (N-methyl/N-ethyl adjacent to an activating group) is 1. The Kier molecular flexibility index (Phi) is 12.2. The monoisotopic (exact) mass is 710 g/mol. The van der Waals surface area contributed by atoms with Crippen LogP contribution < -0.4 is 24.8 Å². The zero-order valence-electron chi connectivity index (χ0n) is 30.5. The fourth-order valence-electron chi connectivity index (χ4n) is 6.80. The molecule has 0 bridgehead atoms. The molecule has 2 aliphatic heterocycles. The van der Waals surface area contributed by atoms with Crippen LogP contribution >= 0.6 is 0 Å². The van der Waals surface area contributed by atoms with E-state index in [-0.39, 0.29) is 37.4 Å². The van der Waals surface area contributed by atoms with Crippen molar-refractivity contribution in [3.8, 4) is 17.2 Å². The molecule has 0 unspecified atom stereocenters. The summed E-state index contributed by atoms with van der Waals surface area (Å²) < 4.78 is 24.0. The number of hydrogen-bond donors (Lipinski definition) is 3. The first-order valence-corrected chi connectivity index (χ1v) is 18.2. The van der Waals surface area contributed by atoms with Gasteiger partial charge in [0.15, 0.2) is 11.5 Å². The Morgan fingerprint density at radius 1 is 0.962 bits per heavy atom. The van der Waals surface area contributed by atoms with E-state index in [0.29, 0.717) is 48.9 Å². The van der Waals surface area contributed by atoms with Crippen LogP contribution in [0.25, 0.3) is 10.8 Å². The highest BCUT2D eigenvalue weighted by Gasteiger charge is 2.30. The van der Waals surface area contributed by atoms with Crippen molar-refractivity contribution in [3.63, 3.8) is 0 Å². The normalized spacial score (nSPS) is 20.2. The molecule has 0 saturated heterocycles. The van der Waals surface area contributed by atoms with Crippen molar-refractivity contribution in [2.45, 2.75) is 64.8 Å². The summed E-state index contributed by atoms with van der Waals surface area (Å²) >= 11 is 0. The van der Waals surface area contributed by atoms with Crippen LogP contribution in [0.5, 0.6) is 17.2 Å². The van der Waals surface area contributed by atoms with E-state index in [0.717, 1.165) is 47.1 Å². The van der Waals surface area contributed by atoms with Crippen molar-refractivity contribution in [3.05, 3.63) is 90.0 Å². The fraction of sp³-hybridized carbons (Fsp3) is 0.415. The second-order valence-corrected chi connectivity index (χ2v) is 14.0. The smallest absolute Gasteiger partial charge is 0.323 e. The number of aliphatic hydroxyl groups excluding tert-OH is 1. The van der Waals surface area contributed by atoms with Gasteiger partial charge in [-0.3, -0.25) is 9.69 Å². The summed E-state index contributed by atoms with van der Waals surface area (Å²) in [5.41, 5.74) is 2.54. The number of rotatable bonds is 8. The van der Waals surface area contributed by atoms with Gasteiger partial charge in [0.1, 0.15) is 5.75 Å². The molecular weight excluding hydrogens is 660 g/mol. The first kappa shape index (κ1) is 36.9. The average molecular weight is 711 g/mol. The Hall–Kier alpha value is -4.84. The number of carbonyl (C=O) groups is 2. The van der Waals surface area contributed by atoms with Gasteiger partial charge in [-0.1, -0.05) is 49.4 Å². The third kappa shape index (κ3) is 9.14. The molecule has 0 fully saturated rings. The number of ether oxygens (including phenoxy) is 4. The number of anilines is 2. The minimum Gasteiger partial charge on any atom is -0.490 e. The van der Waals surface area contributed by atoms with Crippen molar-refractivity contribution in [2.75, 3.05) is 50.8 Å². The van der Waals surface area contributed by atoms with Crippen LogP contribution in [-0.4, -0.2) is 85.2 Å². The number of aliphatic hydroxyl groups is 1. The topological polar surface area (TPSA) is 122 Å². The molecule has 52 heavy (non-hydrogen) atoms. The van der Waals surface area contributed by atoms with Gasteiger partial charge < -0.3 is 39.6 Å². The standard InChI is InChI=1S/C41H50N4O7/c1-27-22-45(28(2)25-46)40(47)34-21-32(42-41(48)43-35-14-9-12-31-11-5-6-13-33(31)35)16-18-36(34)52-29(3)10-7-8-19-49-39(27)24-44(4)23-30-15-17-37-38(20-30)51-26-50-37/h5-6,9,11-18,20-21,27-29,39,46H,7-8,10,19,22-26H2,1-4H3,(H2,42,43,48)/t27-,28-,29-,39+/m0/s1. The van der Waals surface area contributed by atoms with E-state index in [1.807, 2.05) is 74.5 Å². The van der Waals surface area contributed by atoms with Crippen molar-refractivity contribution in [1.82, 2.24) is 9.80 Å². The molecule has 3 amide bonds. The van der Waals surface area contributed by atoms with E-state index in [1.165, 1.54) is 0 Å². The van der Waals surface area contributed by atoms with Gasteiger partial charge in [-0.15, -0.1) is 0 Å². The Labute approximate surface area is 305 Å². The summed E-state index contributed by atoms with van der Waals surface area (Å²) in [6, 6.07) is 23.8. The summed E-state index contributed by atoms with van der Waals surface area (Å²) in [5.74, 6) is 1.58. The van der Waals surface area contributed by atoms with Crippen molar-refractivity contribution >= 4 is 34.1 Å². The van der Waals surface area contributed by atoms with Crippen LogP contribution in [-0.2, 0) is 11.3 Å². The second kappa shape index (κ2) is 17.1. The van der Waals surface area contributed by atoms with E-state index < -0.39 is 12.1 Å². The highest BCUT2D eigenvalue weighted by Crippen LogP contribution is 2.33. The number of amides is 3.